The number of nitrogens with zero attached hydrogens (tertiary/aromatic N) is 6. The van der Waals surface area contributed by atoms with Crippen LogP contribution in [0.15, 0.2) is 206 Å². The summed E-state index contributed by atoms with van der Waals surface area (Å²) in [5.41, 5.74) is 5.49. The van der Waals surface area contributed by atoms with Gasteiger partial charge in [-0.15, -0.1) is 0 Å². The predicted molar refractivity (Wildman–Crippen MR) is 262 cm³/mol. The first-order valence-electron chi connectivity index (χ1n) is 21.4. The number of benzene rings is 10. The van der Waals surface area contributed by atoms with Gasteiger partial charge in [-0.1, -0.05) is 182 Å². The summed E-state index contributed by atoms with van der Waals surface area (Å²) in [6.45, 7) is 0. The number of hydrogen-bond donors (Lipinski definition) is 0. The molecule has 64 heavy (non-hydrogen) atoms. The van der Waals surface area contributed by atoms with Gasteiger partial charge >= 0.3 is 0 Å². The highest BCUT2D eigenvalue weighted by Crippen LogP contribution is 2.45. The van der Waals surface area contributed by atoms with Gasteiger partial charge in [-0.3, -0.25) is 0 Å². The maximum Gasteiger partial charge on any atom is 0.164 e. The van der Waals surface area contributed by atoms with E-state index in [-0.39, 0.29) is 0 Å². The summed E-state index contributed by atoms with van der Waals surface area (Å²) in [5.74, 6) is 3.68. The van der Waals surface area contributed by atoms with E-state index in [0.29, 0.717) is 34.9 Å². The molecule has 0 saturated heterocycles. The van der Waals surface area contributed by atoms with Gasteiger partial charge in [-0.2, -0.15) is 0 Å². The van der Waals surface area contributed by atoms with E-state index in [1.807, 2.05) is 121 Å². The van der Waals surface area contributed by atoms with Crippen molar-refractivity contribution in [3.8, 4) is 68.3 Å². The third kappa shape index (κ3) is 5.88. The zero-order chi connectivity index (χ0) is 42.1. The Morgan fingerprint density at radius 1 is 0.188 bits per heavy atom. The molecular formula is C58H34N6. The Morgan fingerprint density at radius 3 is 0.797 bits per heavy atom. The molecule has 0 aliphatic carbocycles. The summed E-state index contributed by atoms with van der Waals surface area (Å²) in [6.07, 6.45) is 0. The molecule has 0 bridgehead atoms. The van der Waals surface area contributed by atoms with E-state index in [9.17, 15) is 0 Å². The molecule has 0 unspecified atom stereocenters. The number of fused-ring (bicyclic) bond motifs is 2. The summed E-state index contributed by atoms with van der Waals surface area (Å²) < 4.78 is 0. The Balaban J connectivity index is 1.18. The topological polar surface area (TPSA) is 77.3 Å². The lowest BCUT2D eigenvalue weighted by atomic mass is 9.86. The average molecular weight is 815 g/mol. The van der Waals surface area contributed by atoms with Crippen LogP contribution < -0.4 is 0 Å². The van der Waals surface area contributed by atoms with Crippen LogP contribution >= 0.6 is 0 Å². The fourth-order valence-corrected chi connectivity index (χ4v) is 9.49. The van der Waals surface area contributed by atoms with Crippen LogP contribution in [-0.2, 0) is 0 Å². The van der Waals surface area contributed by atoms with E-state index in [4.69, 9.17) is 29.9 Å². The maximum absolute atomic E-state index is 5.22. The number of rotatable bonds is 6. The van der Waals surface area contributed by atoms with Crippen molar-refractivity contribution < 1.29 is 0 Å². The molecular weight excluding hydrogens is 781 g/mol. The molecule has 6 heteroatoms. The summed E-state index contributed by atoms with van der Waals surface area (Å²) in [5, 5.41) is 13.9. The smallest absolute Gasteiger partial charge is 0.164 e. The summed E-state index contributed by atoms with van der Waals surface area (Å²) >= 11 is 0. The van der Waals surface area contributed by atoms with Crippen molar-refractivity contribution in [3.05, 3.63) is 206 Å². The van der Waals surface area contributed by atoms with Crippen LogP contribution in [0.3, 0.4) is 0 Å². The average Bonchev–Trinajstić information content (AvgIpc) is 3.37. The Morgan fingerprint density at radius 2 is 0.469 bits per heavy atom. The highest BCUT2D eigenvalue weighted by atomic mass is 15.0. The van der Waals surface area contributed by atoms with E-state index < -0.39 is 0 Å². The van der Waals surface area contributed by atoms with Gasteiger partial charge in [0.25, 0.3) is 0 Å². The predicted octanol–water partition coefficient (Wildman–Crippen LogP) is 14.4. The van der Waals surface area contributed by atoms with Gasteiger partial charge in [0.2, 0.25) is 0 Å². The minimum Gasteiger partial charge on any atom is -0.208 e. The zero-order valence-corrected chi connectivity index (χ0v) is 34.3. The Hall–Kier alpha value is -8.74. The van der Waals surface area contributed by atoms with Crippen LogP contribution in [0.5, 0.6) is 0 Å². The fraction of sp³-hybridized carbons (Fsp3) is 0. The Labute approximate surface area is 367 Å². The van der Waals surface area contributed by atoms with E-state index in [1.54, 1.807) is 0 Å². The second-order valence-corrected chi connectivity index (χ2v) is 16.3. The van der Waals surface area contributed by atoms with Crippen molar-refractivity contribution in [2.75, 3.05) is 0 Å². The lowest BCUT2D eigenvalue weighted by Gasteiger charge is -2.18. The molecule has 0 radical (unpaired) electrons. The molecule has 0 spiro atoms. The SMILES string of the molecule is c1ccc(-c2nc(-c3ccccc3)nc(-c3cc4ccc5cccc6c7cccc8ccc9cc(-c%10nc(-c%11ccccc%11)nc(-c%11ccccc%11)n%10)cc(c(c3)c4c56)c9c87)n2)cc1. The van der Waals surface area contributed by atoms with Crippen LogP contribution in [0.2, 0.25) is 0 Å². The summed E-state index contributed by atoms with van der Waals surface area (Å²) in [6, 6.07) is 72.0. The van der Waals surface area contributed by atoms with Gasteiger partial charge in [0.05, 0.1) is 0 Å². The van der Waals surface area contributed by atoms with Gasteiger partial charge in [-0.25, -0.2) is 29.9 Å². The van der Waals surface area contributed by atoms with Crippen molar-refractivity contribution in [3.63, 3.8) is 0 Å². The second-order valence-electron chi connectivity index (χ2n) is 16.3. The molecule has 13 aromatic rings. The standard InChI is InChI=1S/C58H34N6/c1-5-15-37(16-6-1)53-59-54(38-17-7-2-8-18-38)62-57(61-53)43-31-41-29-27-35-23-13-25-45-46-26-14-24-36-28-30-42-32-44(34-48(52(42)50(36)46)47(33-43)51(41)49(35)45)58-63-55(39-19-9-3-10-20-39)60-56(64-58)40-21-11-4-12-22-40/h1-34H. The Bertz CT molecular complexity index is 3560. The molecule has 0 atom stereocenters. The first kappa shape index (κ1) is 36.0. The highest BCUT2D eigenvalue weighted by molar-refractivity contribution is 6.37. The summed E-state index contributed by atoms with van der Waals surface area (Å²) in [4.78, 5) is 30.9. The van der Waals surface area contributed by atoms with Gasteiger partial charge in [0.1, 0.15) is 0 Å². The lowest BCUT2D eigenvalue weighted by molar-refractivity contribution is 1.07. The third-order valence-corrected chi connectivity index (χ3v) is 12.4. The molecule has 0 aliphatic heterocycles. The Kier molecular flexibility index (Phi) is 8.11. The molecule has 0 N–H and O–H groups in total. The molecule has 0 aliphatic rings. The molecule has 0 fully saturated rings. The number of aromatic nitrogens is 6. The minimum atomic E-state index is 0.602. The number of hydrogen-bond acceptors (Lipinski definition) is 6. The minimum absolute atomic E-state index is 0.602. The van der Waals surface area contributed by atoms with Gasteiger partial charge in [-0.05, 0) is 88.9 Å². The molecule has 13 rings (SSSR count). The monoisotopic (exact) mass is 814 g/mol. The van der Waals surface area contributed by atoms with Crippen LogP contribution in [0.4, 0.5) is 0 Å². The van der Waals surface area contributed by atoms with Crippen molar-refractivity contribution in [1.82, 2.24) is 29.9 Å². The van der Waals surface area contributed by atoms with E-state index in [0.717, 1.165) is 54.9 Å². The normalized spacial score (nSPS) is 11.8. The van der Waals surface area contributed by atoms with Crippen molar-refractivity contribution >= 4 is 64.6 Å². The van der Waals surface area contributed by atoms with Crippen LogP contribution in [-0.4, -0.2) is 29.9 Å². The molecule has 11 aromatic carbocycles. The molecule has 296 valence electrons. The molecule has 2 heterocycles. The first-order chi connectivity index (χ1) is 31.7. The second kappa shape index (κ2) is 14.4. The van der Waals surface area contributed by atoms with Gasteiger partial charge in [0.15, 0.2) is 34.9 Å². The van der Waals surface area contributed by atoms with Crippen molar-refractivity contribution in [2.45, 2.75) is 0 Å². The van der Waals surface area contributed by atoms with Gasteiger partial charge < -0.3 is 0 Å². The van der Waals surface area contributed by atoms with Crippen LogP contribution in [0, 0.1) is 0 Å². The lowest BCUT2D eigenvalue weighted by Crippen LogP contribution is -2.01. The summed E-state index contributed by atoms with van der Waals surface area (Å²) in [7, 11) is 0. The molecule has 0 amide bonds. The molecule has 2 aromatic heterocycles. The zero-order valence-electron chi connectivity index (χ0n) is 34.3. The third-order valence-electron chi connectivity index (χ3n) is 12.4. The maximum atomic E-state index is 5.22. The van der Waals surface area contributed by atoms with Crippen molar-refractivity contribution in [1.29, 1.82) is 0 Å². The van der Waals surface area contributed by atoms with Crippen molar-refractivity contribution in [2.24, 2.45) is 0 Å². The van der Waals surface area contributed by atoms with E-state index >= 15 is 0 Å². The molecule has 6 nitrogen and oxygen atoms in total. The largest absolute Gasteiger partial charge is 0.208 e. The quantitative estimate of drug-likeness (QED) is 0.156. The van der Waals surface area contributed by atoms with Crippen LogP contribution in [0.25, 0.3) is 133 Å². The van der Waals surface area contributed by atoms with Crippen LogP contribution in [0.1, 0.15) is 0 Å². The van der Waals surface area contributed by atoms with E-state index in [1.165, 1.54) is 43.1 Å². The first-order valence-corrected chi connectivity index (χ1v) is 21.4. The van der Waals surface area contributed by atoms with E-state index in [2.05, 4.69) is 84.9 Å². The van der Waals surface area contributed by atoms with Gasteiger partial charge in [0, 0.05) is 33.4 Å². The highest BCUT2D eigenvalue weighted by Gasteiger charge is 2.21. The molecule has 0 saturated carbocycles. The fourth-order valence-electron chi connectivity index (χ4n) is 9.49.